The lowest BCUT2D eigenvalue weighted by Crippen LogP contribution is -2.29. The number of nitrogens with one attached hydrogen (secondary N) is 1. The number of aromatic hydroxyl groups is 1. The number of hydrogen-bond donors (Lipinski definition) is 2. The Hall–Kier alpha value is -1.02. The molecule has 0 amide bonds. The van der Waals surface area contributed by atoms with Crippen molar-refractivity contribution in [2.45, 2.75) is 50.6 Å². The minimum absolute atomic E-state index is 0.477. The molecule has 86 valence electrons. The predicted molar refractivity (Wildman–Crippen MR) is 64.6 cm³/mol. The van der Waals surface area contributed by atoms with Gasteiger partial charge in [0, 0.05) is 12.1 Å². The van der Waals surface area contributed by atoms with E-state index in [0.717, 1.165) is 18.4 Å². The fourth-order valence-electron chi connectivity index (χ4n) is 3.19. The Balaban J connectivity index is 1.78. The van der Waals surface area contributed by atoms with Crippen LogP contribution >= 0.6 is 0 Å². The van der Waals surface area contributed by atoms with E-state index in [1.54, 1.807) is 6.07 Å². The van der Waals surface area contributed by atoms with Crippen molar-refractivity contribution in [1.82, 2.24) is 5.32 Å². The van der Waals surface area contributed by atoms with Gasteiger partial charge in [-0.15, -0.1) is 0 Å². The van der Waals surface area contributed by atoms with Gasteiger partial charge in [-0.1, -0.05) is 25.0 Å². The fourth-order valence-corrected chi connectivity index (χ4v) is 3.19. The van der Waals surface area contributed by atoms with Crippen molar-refractivity contribution >= 4 is 0 Å². The van der Waals surface area contributed by atoms with Crippen LogP contribution in [0.2, 0.25) is 0 Å². The van der Waals surface area contributed by atoms with Crippen LogP contribution in [-0.4, -0.2) is 11.1 Å². The SMILES string of the molecule is Oc1cccc2c1CCC2NC1CCCC1. The third-order valence-electron chi connectivity index (χ3n) is 4.04. The van der Waals surface area contributed by atoms with Crippen LogP contribution in [0.4, 0.5) is 0 Å². The summed E-state index contributed by atoms with van der Waals surface area (Å²) >= 11 is 0. The summed E-state index contributed by atoms with van der Waals surface area (Å²) in [4.78, 5) is 0. The first-order valence-electron chi connectivity index (χ1n) is 6.41. The molecule has 1 fully saturated rings. The minimum Gasteiger partial charge on any atom is -0.508 e. The van der Waals surface area contributed by atoms with Gasteiger partial charge in [0.2, 0.25) is 0 Å². The lowest BCUT2D eigenvalue weighted by Gasteiger charge is -2.19. The molecular formula is C14H19NO. The average Bonchev–Trinajstić information content (AvgIpc) is 2.90. The summed E-state index contributed by atoms with van der Waals surface area (Å²) < 4.78 is 0. The Bertz CT molecular complexity index is 382. The molecule has 1 aromatic rings. The van der Waals surface area contributed by atoms with Crippen LogP contribution in [0, 0.1) is 0 Å². The highest BCUT2D eigenvalue weighted by atomic mass is 16.3. The molecule has 2 heteroatoms. The Morgan fingerprint density at radius 1 is 1.12 bits per heavy atom. The molecule has 0 heterocycles. The summed E-state index contributed by atoms with van der Waals surface area (Å²) in [5.74, 6) is 0.480. The smallest absolute Gasteiger partial charge is 0.119 e. The summed E-state index contributed by atoms with van der Waals surface area (Å²) in [7, 11) is 0. The van der Waals surface area contributed by atoms with Gasteiger partial charge >= 0.3 is 0 Å². The number of benzene rings is 1. The number of fused-ring (bicyclic) bond motifs is 1. The second-order valence-corrected chi connectivity index (χ2v) is 5.08. The summed E-state index contributed by atoms with van der Waals surface area (Å²) in [6, 6.07) is 7.11. The molecule has 1 unspecified atom stereocenters. The molecule has 1 saturated carbocycles. The largest absolute Gasteiger partial charge is 0.508 e. The number of phenols is 1. The van der Waals surface area contributed by atoms with Crippen molar-refractivity contribution < 1.29 is 5.11 Å². The van der Waals surface area contributed by atoms with Crippen LogP contribution in [0.5, 0.6) is 5.75 Å². The molecule has 2 aliphatic rings. The van der Waals surface area contributed by atoms with Gasteiger partial charge in [0.05, 0.1) is 0 Å². The quantitative estimate of drug-likeness (QED) is 0.798. The van der Waals surface area contributed by atoms with E-state index in [1.807, 2.05) is 6.07 Å². The lowest BCUT2D eigenvalue weighted by atomic mass is 10.1. The first-order valence-corrected chi connectivity index (χ1v) is 6.41. The third kappa shape index (κ3) is 1.71. The van der Waals surface area contributed by atoms with Crippen LogP contribution in [0.15, 0.2) is 18.2 Å². The molecule has 16 heavy (non-hydrogen) atoms. The summed E-state index contributed by atoms with van der Waals surface area (Å²) in [5, 5.41) is 13.5. The molecule has 2 N–H and O–H groups in total. The summed E-state index contributed by atoms with van der Waals surface area (Å²) in [6.07, 6.45) is 7.56. The third-order valence-corrected chi connectivity index (χ3v) is 4.04. The van der Waals surface area contributed by atoms with Crippen molar-refractivity contribution in [2.75, 3.05) is 0 Å². The highest BCUT2D eigenvalue weighted by molar-refractivity contribution is 5.44. The highest BCUT2D eigenvalue weighted by Gasteiger charge is 2.27. The minimum atomic E-state index is 0.477. The fraction of sp³-hybridized carbons (Fsp3) is 0.571. The van der Waals surface area contributed by atoms with E-state index in [-0.39, 0.29) is 0 Å². The monoisotopic (exact) mass is 217 g/mol. The van der Waals surface area contributed by atoms with Crippen LogP contribution in [0.1, 0.15) is 49.3 Å². The standard InChI is InChI=1S/C14H19NO/c16-14-7-3-6-11-12(14)8-9-13(11)15-10-4-1-2-5-10/h3,6-7,10,13,15-16H,1-2,4-5,8-9H2. The number of phenolic OH excluding ortho intramolecular Hbond substituents is 1. The van der Waals surface area contributed by atoms with E-state index in [1.165, 1.54) is 31.2 Å². The van der Waals surface area contributed by atoms with Crippen LogP contribution < -0.4 is 5.32 Å². The Labute approximate surface area is 96.7 Å². The van der Waals surface area contributed by atoms with Crippen molar-refractivity contribution in [1.29, 1.82) is 0 Å². The maximum absolute atomic E-state index is 9.78. The number of hydrogen-bond acceptors (Lipinski definition) is 2. The molecule has 0 aromatic heterocycles. The van der Waals surface area contributed by atoms with Gasteiger partial charge in [0.1, 0.15) is 5.75 Å². The molecule has 0 radical (unpaired) electrons. The number of rotatable bonds is 2. The van der Waals surface area contributed by atoms with Crippen LogP contribution in [0.25, 0.3) is 0 Å². The zero-order valence-electron chi connectivity index (χ0n) is 9.58. The Morgan fingerprint density at radius 2 is 1.94 bits per heavy atom. The summed E-state index contributed by atoms with van der Waals surface area (Å²) in [5.41, 5.74) is 2.49. The second-order valence-electron chi connectivity index (χ2n) is 5.08. The molecule has 2 aliphatic carbocycles. The van der Waals surface area contributed by atoms with Gasteiger partial charge in [0.25, 0.3) is 0 Å². The second kappa shape index (κ2) is 4.10. The molecule has 0 aliphatic heterocycles. The summed E-state index contributed by atoms with van der Waals surface area (Å²) in [6.45, 7) is 0. The normalized spacial score (nSPS) is 24.9. The van der Waals surface area contributed by atoms with Crippen molar-refractivity contribution in [3.63, 3.8) is 0 Å². The van der Waals surface area contributed by atoms with Gasteiger partial charge in [-0.25, -0.2) is 0 Å². The molecular weight excluding hydrogens is 198 g/mol. The highest BCUT2D eigenvalue weighted by Crippen LogP contribution is 2.37. The van der Waals surface area contributed by atoms with Crippen LogP contribution in [0.3, 0.4) is 0 Å². The molecule has 1 atom stereocenters. The van der Waals surface area contributed by atoms with Gasteiger partial charge in [-0.2, -0.15) is 0 Å². The van der Waals surface area contributed by atoms with Gasteiger partial charge in [-0.05, 0) is 42.9 Å². The van der Waals surface area contributed by atoms with E-state index in [0.29, 0.717) is 17.8 Å². The van der Waals surface area contributed by atoms with E-state index < -0.39 is 0 Å². The van der Waals surface area contributed by atoms with Crippen LogP contribution in [-0.2, 0) is 6.42 Å². The van der Waals surface area contributed by atoms with E-state index in [4.69, 9.17) is 0 Å². The van der Waals surface area contributed by atoms with E-state index in [9.17, 15) is 5.11 Å². The first-order chi connectivity index (χ1) is 7.84. The Kier molecular flexibility index (Phi) is 2.60. The molecule has 0 bridgehead atoms. The molecule has 0 saturated heterocycles. The topological polar surface area (TPSA) is 32.3 Å². The van der Waals surface area contributed by atoms with Gasteiger partial charge < -0.3 is 10.4 Å². The zero-order valence-corrected chi connectivity index (χ0v) is 9.58. The predicted octanol–water partition coefficient (Wildman–Crippen LogP) is 2.91. The Morgan fingerprint density at radius 3 is 2.75 bits per heavy atom. The van der Waals surface area contributed by atoms with Crippen molar-refractivity contribution in [2.24, 2.45) is 0 Å². The molecule has 2 nitrogen and oxygen atoms in total. The molecule has 3 rings (SSSR count). The first kappa shape index (κ1) is 10.2. The maximum atomic E-state index is 9.78. The zero-order chi connectivity index (χ0) is 11.0. The van der Waals surface area contributed by atoms with Crippen molar-refractivity contribution in [3.05, 3.63) is 29.3 Å². The van der Waals surface area contributed by atoms with Gasteiger partial charge in [0.15, 0.2) is 0 Å². The maximum Gasteiger partial charge on any atom is 0.119 e. The van der Waals surface area contributed by atoms with Crippen molar-refractivity contribution in [3.8, 4) is 5.75 Å². The lowest BCUT2D eigenvalue weighted by molar-refractivity contribution is 0.438. The van der Waals surface area contributed by atoms with Gasteiger partial charge in [-0.3, -0.25) is 0 Å². The molecule has 0 spiro atoms. The molecule has 1 aromatic carbocycles. The van der Waals surface area contributed by atoms with E-state index >= 15 is 0 Å². The van der Waals surface area contributed by atoms with E-state index in [2.05, 4.69) is 11.4 Å². The average molecular weight is 217 g/mol.